The van der Waals surface area contributed by atoms with Crippen LogP contribution in [0.5, 0.6) is 0 Å². The van der Waals surface area contributed by atoms with Gasteiger partial charge in [-0.3, -0.25) is 13.9 Å². The molecule has 2 aromatic rings. The minimum absolute atomic E-state index is 0.284. The van der Waals surface area contributed by atoms with Gasteiger partial charge in [0.05, 0.1) is 10.9 Å². The standard InChI is InChI=1S/C11H13N3O2/c1-3-14-10(15)8-6-7(12)4-5-9(8)13(2)11(14)16/h4-6H,3,12H2,1-2H3. The zero-order valence-corrected chi connectivity index (χ0v) is 9.23. The number of nitrogen functional groups attached to an aromatic ring is 1. The van der Waals surface area contributed by atoms with Crippen LogP contribution in [-0.2, 0) is 13.6 Å². The summed E-state index contributed by atoms with van der Waals surface area (Å²) in [7, 11) is 1.65. The maximum Gasteiger partial charge on any atom is 0.331 e. The Morgan fingerprint density at radius 2 is 2.00 bits per heavy atom. The van der Waals surface area contributed by atoms with Gasteiger partial charge in [-0.2, -0.15) is 0 Å². The van der Waals surface area contributed by atoms with Crippen LogP contribution in [0.1, 0.15) is 6.92 Å². The zero-order valence-electron chi connectivity index (χ0n) is 9.23. The van der Waals surface area contributed by atoms with Crippen molar-refractivity contribution in [3.63, 3.8) is 0 Å². The molecule has 0 saturated heterocycles. The van der Waals surface area contributed by atoms with E-state index in [0.29, 0.717) is 23.1 Å². The molecule has 2 N–H and O–H groups in total. The number of rotatable bonds is 1. The van der Waals surface area contributed by atoms with Crippen molar-refractivity contribution in [1.82, 2.24) is 9.13 Å². The summed E-state index contributed by atoms with van der Waals surface area (Å²) < 4.78 is 2.65. The van der Waals surface area contributed by atoms with E-state index in [1.165, 1.54) is 9.13 Å². The molecule has 0 aliphatic heterocycles. The molecule has 0 saturated carbocycles. The van der Waals surface area contributed by atoms with Crippen molar-refractivity contribution in [3.8, 4) is 0 Å². The van der Waals surface area contributed by atoms with Crippen LogP contribution in [0.2, 0.25) is 0 Å². The first-order chi connectivity index (χ1) is 7.56. The zero-order chi connectivity index (χ0) is 11.9. The number of nitrogens with zero attached hydrogens (tertiary/aromatic N) is 2. The summed E-state index contributed by atoms with van der Waals surface area (Å²) in [6.07, 6.45) is 0. The number of aromatic nitrogens is 2. The number of nitrogens with two attached hydrogens (primary N) is 1. The van der Waals surface area contributed by atoms with Crippen LogP contribution in [0.3, 0.4) is 0 Å². The van der Waals surface area contributed by atoms with Crippen LogP contribution in [0.15, 0.2) is 27.8 Å². The van der Waals surface area contributed by atoms with Gasteiger partial charge in [-0.15, -0.1) is 0 Å². The molecule has 0 aliphatic carbocycles. The van der Waals surface area contributed by atoms with Gasteiger partial charge >= 0.3 is 5.69 Å². The second-order valence-corrected chi connectivity index (χ2v) is 3.67. The molecule has 1 aromatic heterocycles. The van der Waals surface area contributed by atoms with Gasteiger partial charge in [-0.1, -0.05) is 0 Å². The summed E-state index contributed by atoms with van der Waals surface area (Å²) in [5, 5.41) is 0.476. The number of hydrogen-bond acceptors (Lipinski definition) is 3. The summed E-state index contributed by atoms with van der Waals surface area (Å²) in [6.45, 7) is 2.12. The summed E-state index contributed by atoms with van der Waals surface area (Å²) in [5.41, 5.74) is 6.18. The summed E-state index contributed by atoms with van der Waals surface area (Å²) in [5.74, 6) is 0. The molecule has 0 fully saturated rings. The molecule has 0 aliphatic rings. The van der Waals surface area contributed by atoms with E-state index in [1.807, 2.05) is 0 Å². The highest BCUT2D eigenvalue weighted by Gasteiger charge is 2.09. The molecule has 5 heteroatoms. The fourth-order valence-electron chi connectivity index (χ4n) is 1.81. The fourth-order valence-corrected chi connectivity index (χ4v) is 1.81. The molecule has 0 bridgehead atoms. The molecule has 16 heavy (non-hydrogen) atoms. The Kier molecular flexibility index (Phi) is 2.30. The van der Waals surface area contributed by atoms with Crippen LogP contribution in [0.25, 0.3) is 10.9 Å². The molecule has 0 amide bonds. The topological polar surface area (TPSA) is 70.0 Å². The van der Waals surface area contributed by atoms with Gasteiger partial charge < -0.3 is 5.73 Å². The summed E-state index contributed by atoms with van der Waals surface area (Å²) in [6, 6.07) is 4.97. The summed E-state index contributed by atoms with van der Waals surface area (Å²) >= 11 is 0. The Bertz CT molecular complexity index is 667. The van der Waals surface area contributed by atoms with Gasteiger partial charge in [-0.05, 0) is 25.1 Å². The Hall–Kier alpha value is -2.04. The van der Waals surface area contributed by atoms with E-state index in [-0.39, 0.29) is 11.2 Å². The monoisotopic (exact) mass is 219 g/mol. The van der Waals surface area contributed by atoms with E-state index < -0.39 is 0 Å². The first kappa shape index (κ1) is 10.5. The lowest BCUT2D eigenvalue weighted by atomic mass is 10.2. The largest absolute Gasteiger partial charge is 0.399 e. The van der Waals surface area contributed by atoms with Gasteiger partial charge in [0, 0.05) is 19.3 Å². The molecule has 1 heterocycles. The van der Waals surface area contributed by atoms with Gasteiger partial charge in [0.25, 0.3) is 5.56 Å². The lowest BCUT2D eigenvalue weighted by molar-refractivity contribution is 0.640. The lowest BCUT2D eigenvalue weighted by Crippen LogP contribution is -2.38. The van der Waals surface area contributed by atoms with Crippen molar-refractivity contribution >= 4 is 16.6 Å². The minimum atomic E-state index is -0.301. The maximum absolute atomic E-state index is 12.0. The molecule has 0 radical (unpaired) electrons. The number of aryl methyl sites for hydroxylation is 1. The van der Waals surface area contributed by atoms with Crippen molar-refractivity contribution in [2.45, 2.75) is 13.5 Å². The van der Waals surface area contributed by atoms with Gasteiger partial charge in [0.15, 0.2) is 0 Å². The summed E-state index contributed by atoms with van der Waals surface area (Å²) in [4.78, 5) is 23.8. The van der Waals surface area contributed by atoms with Gasteiger partial charge in [0.1, 0.15) is 0 Å². The van der Waals surface area contributed by atoms with Crippen molar-refractivity contribution in [3.05, 3.63) is 39.0 Å². The third kappa shape index (κ3) is 1.32. The molecule has 84 valence electrons. The maximum atomic E-state index is 12.0. The lowest BCUT2D eigenvalue weighted by Gasteiger charge is -2.09. The van der Waals surface area contributed by atoms with Crippen LogP contribution in [-0.4, -0.2) is 9.13 Å². The van der Waals surface area contributed by atoms with E-state index >= 15 is 0 Å². The average molecular weight is 219 g/mol. The fraction of sp³-hybridized carbons (Fsp3) is 0.273. The van der Waals surface area contributed by atoms with Crippen molar-refractivity contribution < 1.29 is 0 Å². The van der Waals surface area contributed by atoms with E-state index in [4.69, 9.17) is 5.73 Å². The first-order valence-electron chi connectivity index (χ1n) is 5.05. The Morgan fingerprint density at radius 3 is 2.62 bits per heavy atom. The Balaban J connectivity index is 3.09. The predicted molar refractivity (Wildman–Crippen MR) is 63.5 cm³/mol. The smallest absolute Gasteiger partial charge is 0.331 e. The van der Waals surface area contributed by atoms with Crippen molar-refractivity contribution in [2.75, 3.05) is 5.73 Å². The second-order valence-electron chi connectivity index (χ2n) is 3.67. The highest BCUT2D eigenvalue weighted by molar-refractivity contribution is 5.81. The molecule has 5 nitrogen and oxygen atoms in total. The number of benzene rings is 1. The van der Waals surface area contributed by atoms with Crippen LogP contribution >= 0.6 is 0 Å². The molecule has 2 rings (SSSR count). The molecule has 1 aromatic carbocycles. The normalized spacial score (nSPS) is 10.9. The van der Waals surface area contributed by atoms with Crippen LogP contribution in [0.4, 0.5) is 5.69 Å². The predicted octanol–water partition coefficient (Wildman–Crippen LogP) is 0.302. The van der Waals surface area contributed by atoms with Crippen molar-refractivity contribution in [1.29, 1.82) is 0 Å². The molecule has 0 spiro atoms. The van der Waals surface area contributed by atoms with Crippen molar-refractivity contribution in [2.24, 2.45) is 7.05 Å². The first-order valence-corrected chi connectivity index (χ1v) is 5.05. The van der Waals surface area contributed by atoms with Gasteiger partial charge in [0.2, 0.25) is 0 Å². The number of fused-ring (bicyclic) bond motifs is 1. The van der Waals surface area contributed by atoms with E-state index in [1.54, 1.807) is 32.2 Å². The molecular weight excluding hydrogens is 206 g/mol. The van der Waals surface area contributed by atoms with Crippen LogP contribution < -0.4 is 17.0 Å². The number of hydrogen-bond donors (Lipinski definition) is 1. The third-order valence-electron chi connectivity index (χ3n) is 2.69. The van der Waals surface area contributed by atoms with E-state index in [9.17, 15) is 9.59 Å². The molecular formula is C11H13N3O2. The quantitative estimate of drug-likeness (QED) is 0.701. The Labute approximate surface area is 91.7 Å². The van der Waals surface area contributed by atoms with E-state index in [0.717, 1.165) is 0 Å². The van der Waals surface area contributed by atoms with E-state index in [2.05, 4.69) is 0 Å². The highest BCUT2D eigenvalue weighted by atomic mass is 16.2. The minimum Gasteiger partial charge on any atom is -0.399 e. The molecule has 0 unspecified atom stereocenters. The average Bonchev–Trinajstić information content (AvgIpc) is 2.27. The highest BCUT2D eigenvalue weighted by Crippen LogP contribution is 2.11. The molecule has 0 atom stereocenters. The SMILES string of the molecule is CCn1c(=O)c2cc(N)ccc2n(C)c1=O. The van der Waals surface area contributed by atoms with Crippen LogP contribution in [0, 0.1) is 0 Å². The second kappa shape index (κ2) is 3.52. The third-order valence-corrected chi connectivity index (χ3v) is 2.69. The van der Waals surface area contributed by atoms with Gasteiger partial charge in [-0.25, -0.2) is 4.79 Å². The number of anilines is 1. The Morgan fingerprint density at radius 1 is 1.31 bits per heavy atom.